The van der Waals surface area contributed by atoms with E-state index in [9.17, 15) is 13.2 Å². The van der Waals surface area contributed by atoms with Gasteiger partial charge in [0.25, 0.3) is 0 Å². The Hall–Kier alpha value is -2.54. The van der Waals surface area contributed by atoms with Crippen molar-refractivity contribution in [3.05, 3.63) is 71.0 Å². The van der Waals surface area contributed by atoms with E-state index in [4.69, 9.17) is 0 Å². The first-order valence-corrected chi connectivity index (χ1v) is 10.4. The molecule has 0 saturated carbocycles. The van der Waals surface area contributed by atoms with E-state index in [0.29, 0.717) is 12.6 Å². The molecule has 0 unspecified atom stereocenters. The summed E-state index contributed by atoms with van der Waals surface area (Å²) in [7, 11) is 1.75. The van der Waals surface area contributed by atoms with E-state index in [1.165, 1.54) is 18.2 Å². The largest absolute Gasteiger partial charge is 0.356 e. The van der Waals surface area contributed by atoms with Crippen LogP contribution in [0.2, 0.25) is 0 Å². The fraction of sp³-hybridized carbons (Fsp3) is 0.435. The molecule has 0 aliphatic carbocycles. The molecule has 0 atom stereocenters. The van der Waals surface area contributed by atoms with Crippen molar-refractivity contribution >= 4 is 5.96 Å². The summed E-state index contributed by atoms with van der Waals surface area (Å²) in [6.45, 7) is 3.14. The molecule has 4 nitrogen and oxygen atoms in total. The number of benzene rings is 2. The van der Waals surface area contributed by atoms with E-state index in [2.05, 4.69) is 20.5 Å². The van der Waals surface area contributed by atoms with Gasteiger partial charge in [-0.1, -0.05) is 18.2 Å². The van der Waals surface area contributed by atoms with Crippen LogP contribution in [0.15, 0.2) is 47.5 Å². The molecule has 3 rings (SSSR count). The number of nitrogens with zero attached hydrogens (tertiary/aromatic N) is 2. The molecule has 1 heterocycles. The summed E-state index contributed by atoms with van der Waals surface area (Å²) < 4.78 is 39.7. The molecule has 0 radical (unpaired) electrons. The van der Waals surface area contributed by atoms with Gasteiger partial charge in [-0.15, -0.1) is 0 Å². The number of nitrogens with one attached hydrogen (secondary N) is 2. The first-order valence-electron chi connectivity index (χ1n) is 10.4. The standard InChI is InChI=1S/C23H29F3N4/c1-27-23(28-11-3-5-17-4-2-6-19(24)14-17)29-20-9-12-30(13-10-20)16-18-7-8-21(25)22(26)15-18/h2,4,6-8,14-15,20H,3,5,9-13,16H2,1H3,(H2,27,28,29). The minimum absolute atomic E-state index is 0.200. The molecule has 2 aromatic carbocycles. The fourth-order valence-electron chi connectivity index (χ4n) is 3.71. The van der Waals surface area contributed by atoms with Gasteiger partial charge in [0, 0.05) is 39.3 Å². The molecule has 2 N–H and O–H groups in total. The molecule has 2 aromatic rings. The van der Waals surface area contributed by atoms with Gasteiger partial charge in [-0.05, 0) is 61.1 Å². The Bertz CT molecular complexity index is 848. The average molecular weight is 419 g/mol. The lowest BCUT2D eigenvalue weighted by Crippen LogP contribution is -2.48. The molecule has 0 spiro atoms. The normalized spacial score (nSPS) is 15.9. The number of hydrogen-bond donors (Lipinski definition) is 2. The number of rotatable bonds is 7. The summed E-state index contributed by atoms with van der Waals surface area (Å²) in [5.74, 6) is -1.03. The Kier molecular flexibility index (Phi) is 8.13. The van der Waals surface area contributed by atoms with E-state index in [-0.39, 0.29) is 5.82 Å². The van der Waals surface area contributed by atoms with Crippen LogP contribution in [0.1, 0.15) is 30.4 Å². The van der Waals surface area contributed by atoms with E-state index in [1.54, 1.807) is 25.2 Å². The van der Waals surface area contributed by atoms with Crippen LogP contribution in [0, 0.1) is 17.5 Å². The maximum atomic E-state index is 13.4. The highest BCUT2D eigenvalue weighted by Crippen LogP contribution is 2.16. The predicted molar refractivity (Wildman–Crippen MR) is 114 cm³/mol. The topological polar surface area (TPSA) is 39.7 Å². The summed E-state index contributed by atoms with van der Waals surface area (Å²) in [6.07, 6.45) is 3.60. The summed E-state index contributed by atoms with van der Waals surface area (Å²) in [5.41, 5.74) is 1.78. The van der Waals surface area contributed by atoms with Crippen molar-refractivity contribution in [2.45, 2.75) is 38.3 Å². The highest BCUT2D eigenvalue weighted by Gasteiger charge is 2.20. The Labute approximate surface area is 176 Å². The first kappa shape index (κ1) is 22.2. The summed E-state index contributed by atoms with van der Waals surface area (Å²) in [6, 6.07) is 11.1. The van der Waals surface area contributed by atoms with E-state index in [0.717, 1.165) is 62.4 Å². The van der Waals surface area contributed by atoms with Crippen LogP contribution in [0.5, 0.6) is 0 Å². The van der Waals surface area contributed by atoms with E-state index in [1.807, 2.05) is 6.07 Å². The van der Waals surface area contributed by atoms with Crippen LogP contribution in [0.4, 0.5) is 13.2 Å². The molecular formula is C23H29F3N4. The number of likely N-dealkylation sites (tertiary alicyclic amines) is 1. The van der Waals surface area contributed by atoms with Crippen molar-refractivity contribution < 1.29 is 13.2 Å². The lowest BCUT2D eigenvalue weighted by molar-refractivity contribution is 0.198. The zero-order valence-electron chi connectivity index (χ0n) is 17.3. The third kappa shape index (κ3) is 6.76. The third-order valence-corrected chi connectivity index (χ3v) is 5.37. The number of aryl methyl sites for hydroxylation is 1. The van der Waals surface area contributed by atoms with Gasteiger partial charge in [0.05, 0.1) is 0 Å². The van der Waals surface area contributed by atoms with Gasteiger partial charge in [0.1, 0.15) is 5.82 Å². The minimum atomic E-state index is -0.809. The Balaban J connectivity index is 1.36. The van der Waals surface area contributed by atoms with Crippen LogP contribution in [0.25, 0.3) is 0 Å². The fourth-order valence-corrected chi connectivity index (χ4v) is 3.71. The van der Waals surface area contributed by atoms with Gasteiger partial charge >= 0.3 is 0 Å². The highest BCUT2D eigenvalue weighted by molar-refractivity contribution is 5.79. The van der Waals surface area contributed by atoms with Crippen LogP contribution in [0.3, 0.4) is 0 Å². The minimum Gasteiger partial charge on any atom is -0.356 e. The maximum Gasteiger partial charge on any atom is 0.191 e. The Morgan fingerprint density at radius 1 is 1.03 bits per heavy atom. The molecule has 0 bridgehead atoms. The molecule has 162 valence electrons. The van der Waals surface area contributed by atoms with Gasteiger partial charge in [0.2, 0.25) is 0 Å². The van der Waals surface area contributed by atoms with Crippen LogP contribution >= 0.6 is 0 Å². The van der Waals surface area contributed by atoms with Crippen molar-refractivity contribution in [2.24, 2.45) is 4.99 Å². The lowest BCUT2D eigenvalue weighted by Gasteiger charge is -2.33. The van der Waals surface area contributed by atoms with E-state index < -0.39 is 11.6 Å². The number of piperidine rings is 1. The zero-order valence-corrected chi connectivity index (χ0v) is 17.3. The molecule has 1 fully saturated rings. The Morgan fingerprint density at radius 3 is 2.53 bits per heavy atom. The summed E-state index contributed by atoms with van der Waals surface area (Å²) in [5, 5.41) is 6.78. The van der Waals surface area contributed by atoms with Gasteiger partial charge in [-0.3, -0.25) is 9.89 Å². The Morgan fingerprint density at radius 2 is 1.83 bits per heavy atom. The van der Waals surface area contributed by atoms with Crippen molar-refractivity contribution in [3.63, 3.8) is 0 Å². The second kappa shape index (κ2) is 11.0. The molecule has 0 amide bonds. The lowest BCUT2D eigenvalue weighted by atomic mass is 10.0. The molecule has 30 heavy (non-hydrogen) atoms. The summed E-state index contributed by atoms with van der Waals surface area (Å²) in [4.78, 5) is 6.54. The average Bonchev–Trinajstić information content (AvgIpc) is 2.74. The number of aliphatic imine (C=N–C) groups is 1. The molecule has 1 aliphatic heterocycles. The second-order valence-electron chi connectivity index (χ2n) is 7.68. The third-order valence-electron chi connectivity index (χ3n) is 5.37. The zero-order chi connectivity index (χ0) is 21.3. The first-order chi connectivity index (χ1) is 14.5. The van der Waals surface area contributed by atoms with Crippen molar-refractivity contribution in [2.75, 3.05) is 26.7 Å². The van der Waals surface area contributed by atoms with Crippen molar-refractivity contribution in [3.8, 4) is 0 Å². The predicted octanol–water partition coefficient (Wildman–Crippen LogP) is 3.87. The quantitative estimate of drug-likeness (QED) is 0.407. The number of guanidine groups is 1. The smallest absolute Gasteiger partial charge is 0.191 e. The maximum absolute atomic E-state index is 13.4. The SMILES string of the molecule is CN=C(NCCCc1cccc(F)c1)NC1CCN(Cc2ccc(F)c(F)c2)CC1. The van der Waals surface area contributed by atoms with Crippen LogP contribution in [-0.4, -0.2) is 43.6 Å². The highest BCUT2D eigenvalue weighted by atomic mass is 19.2. The number of hydrogen-bond acceptors (Lipinski definition) is 2. The van der Waals surface area contributed by atoms with Crippen LogP contribution in [-0.2, 0) is 13.0 Å². The monoisotopic (exact) mass is 418 g/mol. The summed E-state index contributed by atoms with van der Waals surface area (Å²) >= 11 is 0. The second-order valence-corrected chi connectivity index (χ2v) is 7.68. The van der Waals surface area contributed by atoms with E-state index >= 15 is 0 Å². The van der Waals surface area contributed by atoms with Crippen molar-refractivity contribution in [1.29, 1.82) is 0 Å². The molecule has 0 aromatic heterocycles. The molecule has 1 aliphatic rings. The molecule has 7 heteroatoms. The number of halogens is 3. The van der Waals surface area contributed by atoms with Gasteiger partial charge in [0.15, 0.2) is 17.6 Å². The molecular weight excluding hydrogens is 389 g/mol. The van der Waals surface area contributed by atoms with Gasteiger partial charge < -0.3 is 10.6 Å². The van der Waals surface area contributed by atoms with Gasteiger partial charge in [-0.2, -0.15) is 0 Å². The van der Waals surface area contributed by atoms with Crippen LogP contribution < -0.4 is 10.6 Å². The van der Waals surface area contributed by atoms with Gasteiger partial charge in [-0.25, -0.2) is 13.2 Å². The molecule has 1 saturated heterocycles. The van der Waals surface area contributed by atoms with Crippen molar-refractivity contribution in [1.82, 2.24) is 15.5 Å².